The second kappa shape index (κ2) is 7.16. The number of aliphatic hydroxyl groups excluding tert-OH is 1. The van der Waals surface area contributed by atoms with Crippen LogP contribution in [0.5, 0.6) is 0 Å². The molecule has 0 aliphatic heterocycles. The summed E-state index contributed by atoms with van der Waals surface area (Å²) in [5.41, 5.74) is 1.86. The zero-order valence-electron chi connectivity index (χ0n) is 10.8. The van der Waals surface area contributed by atoms with Gasteiger partial charge in [0.2, 0.25) is 0 Å². The van der Waals surface area contributed by atoms with Gasteiger partial charge in [-0.15, -0.1) is 0 Å². The Hall–Kier alpha value is -1.53. The largest absolute Gasteiger partial charge is 0.395 e. The fourth-order valence-corrected chi connectivity index (χ4v) is 2.06. The molecule has 0 spiro atoms. The maximum Gasteiger partial charge on any atom is 0.257 e. The van der Waals surface area contributed by atoms with Gasteiger partial charge in [-0.2, -0.15) is 16.7 Å². The van der Waals surface area contributed by atoms with Crippen LogP contribution in [0, 0.1) is 0 Å². The van der Waals surface area contributed by atoms with Gasteiger partial charge in [-0.05, 0) is 30.0 Å². The van der Waals surface area contributed by atoms with Crippen LogP contribution in [-0.4, -0.2) is 34.2 Å². The molecular weight excluding hydrogens is 262 g/mol. The van der Waals surface area contributed by atoms with Crippen LogP contribution in [0.1, 0.15) is 12.7 Å². The van der Waals surface area contributed by atoms with Gasteiger partial charge in [0.25, 0.3) is 5.89 Å². The number of anilines is 1. The van der Waals surface area contributed by atoms with E-state index in [1.165, 1.54) is 0 Å². The van der Waals surface area contributed by atoms with E-state index in [0.717, 1.165) is 28.6 Å². The first kappa shape index (κ1) is 13.9. The van der Waals surface area contributed by atoms with Crippen LogP contribution >= 0.6 is 11.8 Å². The van der Waals surface area contributed by atoms with E-state index in [0.29, 0.717) is 12.4 Å². The molecule has 0 bridgehead atoms. The molecule has 0 amide bonds. The molecule has 1 heterocycles. The molecule has 0 unspecified atom stereocenters. The number of rotatable bonds is 7. The second-order valence-electron chi connectivity index (χ2n) is 3.88. The molecule has 0 saturated carbocycles. The third-order valence-electron chi connectivity index (χ3n) is 2.48. The first-order valence-corrected chi connectivity index (χ1v) is 7.34. The number of aliphatic hydroxyl groups is 1. The lowest BCUT2D eigenvalue weighted by Gasteiger charge is -2.03. The minimum atomic E-state index is 0.115. The van der Waals surface area contributed by atoms with Gasteiger partial charge >= 0.3 is 0 Å². The quantitative estimate of drug-likeness (QED) is 0.811. The van der Waals surface area contributed by atoms with Crippen molar-refractivity contribution >= 4 is 17.4 Å². The van der Waals surface area contributed by atoms with Gasteiger partial charge in [0, 0.05) is 17.8 Å². The van der Waals surface area contributed by atoms with E-state index in [4.69, 9.17) is 9.63 Å². The van der Waals surface area contributed by atoms with E-state index in [1.807, 2.05) is 24.3 Å². The summed E-state index contributed by atoms with van der Waals surface area (Å²) in [6, 6.07) is 7.69. The highest BCUT2D eigenvalue weighted by Crippen LogP contribution is 2.20. The van der Waals surface area contributed by atoms with Crippen molar-refractivity contribution in [3.05, 3.63) is 30.1 Å². The summed E-state index contributed by atoms with van der Waals surface area (Å²) < 4.78 is 5.23. The standard InChI is InChI=1S/C13H17N3O2S/c1-2-19-9-12-15-13(18-16-12)10-3-5-11(6-4-10)14-7-8-17/h3-6,14,17H,2,7-9H2,1H3. The van der Waals surface area contributed by atoms with Crippen LogP contribution < -0.4 is 5.32 Å². The molecule has 1 aromatic carbocycles. The fraction of sp³-hybridized carbons (Fsp3) is 0.385. The highest BCUT2D eigenvalue weighted by Gasteiger charge is 2.08. The van der Waals surface area contributed by atoms with Crippen molar-refractivity contribution in [1.29, 1.82) is 0 Å². The third kappa shape index (κ3) is 3.97. The van der Waals surface area contributed by atoms with E-state index in [1.54, 1.807) is 11.8 Å². The monoisotopic (exact) mass is 279 g/mol. The Labute approximate surface area is 116 Å². The number of hydrogen-bond acceptors (Lipinski definition) is 6. The summed E-state index contributed by atoms with van der Waals surface area (Å²) in [5.74, 6) is 3.08. The Morgan fingerprint density at radius 1 is 1.32 bits per heavy atom. The number of thioether (sulfide) groups is 1. The van der Waals surface area contributed by atoms with Gasteiger partial charge in [-0.25, -0.2) is 0 Å². The SMILES string of the molecule is CCSCc1noc(-c2ccc(NCCO)cc2)n1. The molecule has 2 aromatic rings. The lowest BCUT2D eigenvalue weighted by atomic mass is 10.2. The Kier molecular flexibility index (Phi) is 5.23. The molecule has 102 valence electrons. The van der Waals surface area contributed by atoms with Gasteiger partial charge in [-0.1, -0.05) is 12.1 Å². The number of nitrogens with one attached hydrogen (secondary N) is 1. The van der Waals surface area contributed by atoms with Gasteiger partial charge in [0.15, 0.2) is 5.82 Å². The average Bonchev–Trinajstić information content (AvgIpc) is 2.92. The van der Waals surface area contributed by atoms with E-state index in [9.17, 15) is 0 Å². The molecule has 5 nitrogen and oxygen atoms in total. The lowest BCUT2D eigenvalue weighted by molar-refractivity contribution is 0.311. The predicted molar refractivity (Wildman–Crippen MR) is 77.1 cm³/mol. The van der Waals surface area contributed by atoms with Crippen LogP contribution in [0.25, 0.3) is 11.5 Å². The van der Waals surface area contributed by atoms with E-state index >= 15 is 0 Å². The number of hydrogen-bond donors (Lipinski definition) is 2. The molecule has 0 atom stereocenters. The minimum absolute atomic E-state index is 0.115. The zero-order chi connectivity index (χ0) is 13.5. The predicted octanol–water partition coefficient (Wildman–Crippen LogP) is 2.39. The fourth-order valence-electron chi connectivity index (χ4n) is 1.55. The number of aromatic nitrogens is 2. The molecule has 1 aromatic heterocycles. The molecular formula is C13H17N3O2S. The molecule has 6 heteroatoms. The van der Waals surface area contributed by atoms with Crippen molar-refractivity contribution in [3.8, 4) is 11.5 Å². The average molecular weight is 279 g/mol. The maximum atomic E-state index is 8.74. The van der Waals surface area contributed by atoms with Crippen LogP contribution in [0.3, 0.4) is 0 Å². The third-order valence-corrected chi connectivity index (χ3v) is 3.35. The molecule has 2 rings (SSSR count). The van der Waals surface area contributed by atoms with Crippen molar-refractivity contribution in [2.45, 2.75) is 12.7 Å². The Balaban J connectivity index is 2.02. The first-order valence-electron chi connectivity index (χ1n) is 6.19. The van der Waals surface area contributed by atoms with Crippen LogP contribution in [0.2, 0.25) is 0 Å². The summed E-state index contributed by atoms with van der Waals surface area (Å²) in [6.07, 6.45) is 0. The van der Waals surface area contributed by atoms with E-state index in [2.05, 4.69) is 22.4 Å². The van der Waals surface area contributed by atoms with Crippen molar-refractivity contribution in [1.82, 2.24) is 10.1 Å². The summed E-state index contributed by atoms with van der Waals surface area (Å²) in [4.78, 5) is 4.35. The molecule has 0 saturated heterocycles. The molecule has 0 aliphatic carbocycles. The highest BCUT2D eigenvalue weighted by atomic mass is 32.2. The second-order valence-corrected chi connectivity index (χ2v) is 5.15. The van der Waals surface area contributed by atoms with Crippen molar-refractivity contribution in [2.75, 3.05) is 24.2 Å². The lowest BCUT2D eigenvalue weighted by Crippen LogP contribution is -2.04. The van der Waals surface area contributed by atoms with Crippen molar-refractivity contribution in [2.24, 2.45) is 0 Å². The Morgan fingerprint density at radius 2 is 2.11 bits per heavy atom. The molecule has 2 N–H and O–H groups in total. The van der Waals surface area contributed by atoms with Crippen molar-refractivity contribution < 1.29 is 9.63 Å². The summed E-state index contributed by atoms with van der Waals surface area (Å²) >= 11 is 1.76. The number of benzene rings is 1. The van der Waals surface area contributed by atoms with Gasteiger partial charge < -0.3 is 14.9 Å². The van der Waals surface area contributed by atoms with Crippen LogP contribution in [0.15, 0.2) is 28.8 Å². The van der Waals surface area contributed by atoms with Gasteiger partial charge in [-0.3, -0.25) is 0 Å². The number of nitrogens with zero attached hydrogens (tertiary/aromatic N) is 2. The minimum Gasteiger partial charge on any atom is -0.395 e. The highest BCUT2D eigenvalue weighted by molar-refractivity contribution is 7.98. The zero-order valence-corrected chi connectivity index (χ0v) is 11.6. The van der Waals surface area contributed by atoms with Gasteiger partial charge in [0.1, 0.15) is 0 Å². The molecule has 19 heavy (non-hydrogen) atoms. The van der Waals surface area contributed by atoms with Crippen LogP contribution in [-0.2, 0) is 5.75 Å². The van der Waals surface area contributed by atoms with Gasteiger partial charge in [0.05, 0.1) is 12.4 Å². The molecule has 0 aliphatic rings. The van der Waals surface area contributed by atoms with E-state index in [-0.39, 0.29) is 6.61 Å². The molecule has 0 fully saturated rings. The van der Waals surface area contributed by atoms with Crippen molar-refractivity contribution in [3.63, 3.8) is 0 Å². The normalized spacial score (nSPS) is 10.6. The summed E-state index contributed by atoms with van der Waals surface area (Å²) in [5, 5.41) is 15.8. The maximum absolute atomic E-state index is 8.74. The first-order chi connectivity index (χ1) is 9.33. The Morgan fingerprint density at radius 3 is 2.79 bits per heavy atom. The molecule has 0 radical (unpaired) electrons. The summed E-state index contributed by atoms with van der Waals surface area (Å²) in [7, 11) is 0. The van der Waals surface area contributed by atoms with Crippen LogP contribution in [0.4, 0.5) is 5.69 Å². The summed E-state index contributed by atoms with van der Waals surface area (Å²) in [6.45, 7) is 2.76. The van der Waals surface area contributed by atoms with E-state index < -0.39 is 0 Å². The smallest absolute Gasteiger partial charge is 0.257 e. The topological polar surface area (TPSA) is 71.2 Å². The Bertz CT molecular complexity index is 499.